The van der Waals surface area contributed by atoms with Crippen LogP contribution in [0.15, 0.2) is 24.8 Å². The van der Waals surface area contributed by atoms with Crippen LogP contribution in [0.5, 0.6) is 0 Å². The average molecular weight is 182 g/mol. The fourth-order valence-corrected chi connectivity index (χ4v) is 0.940. The van der Waals surface area contributed by atoms with Crippen molar-refractivity contribution in [3.63, 3.8) is 0 Å². The first kappa shape index (κ1) is 11.9. The minimum Gasteiger partial charge on any atom is -0.462 e. The van der Waals surface area contributed by atoms with Gasteiger partial charge in [0.25, 0.3) is 0 Å². The van der Waals surface area contributed by atoms with Crippen LogP contribution in [0.2, 0.25) is 0 Å². The van der Waals surface area contributed by atoms with E-state index in [4.69, 9.17) is 4.74 Å². The average Bonchev–Trinajstić information content (AvgIpc) is 2.17. The van der Waals surface area contributed by atoms with Gasteiger partial charge in [0.05, 0.1) is 6.61 Å². The lowest BCUT2D eigenvalue weighted by atomic mass is 10.0. The van der Waals surface area contributed by atoms with Crippen molar-refractivity contribution in [2.75, 3.05) is 6.61 Å². The number of carbonyl (C=O) groups excluding carboxylic acids is 1. The molecular formula is C11H18O2. The summed E-state index contributed by atoms with van der Waals surface area (Å²) in [5.41, 5.74) is 0. The quantitative estimate of drug-likeness (QED) is 0.358. The maximum absolute atomic E-state index is 10.7. The standard InChI is InChI=1S/C11H18O2/c1-4-7-8-10(5-2)9-13-11(12)6-3/h4,6-7,10H,3,5,8-9H2,1-2H3. The topological polar surface area (TPSA) is 26.3 Å². The molecule has 0 rings (SSSR count). The molecule has 0 aromatic rings. The molecule has 2 nitrogen and oxygen atoms in total. The summed E-state index contributed by atoms with van der Waals surface area (Å²) in [5, 5.41) is 0. The molecule has 0 aliphatic carbocycles. The molecule has 0 radical (unpaired) electrons. The first-order valence-electron chi connectivity index (χ1n) is 4.64. The number of hydrogen-bond acceptors (Lipinski definition) is 2. The van der Waals surface area contributed by atoms with E-state index in [1.54, 1.807) is 0 Å². The van der Waals surface area contributed by atoms with Crippen molar-refractivity contribution in [3.05, 3.63) is 24.8 Å². The molecule has 0 N–H and O–H groups in total. The van der Waals surface area contributed by atoms with E-state index in [0.717, 1.165) is 12.8 Å². The zero-order chi connectivity index (χ0) is 10.1. The van der Waals surface area contributed by atoms with Crippen molar-refractivity contribution < 1.29 is 9.53 Å². The fourth-order valence-electron chi connectivity index (χ4n) is 0.940. The van der Waals surface area contributed by atoms with E-state index in [1.807, 2.05) is 13.0 Å². The molecule has 0 bridgehead atoms. The van der Waals surface area contributed by atoms with Crippen LogP contribution in [0.1, 0.15) is 26.7 Å². The molecule has 2 heteroatoms. The fraction of sp³-hybridized carbons (Fsp3) is 0.545. The van der Waals surface area contributed by atoms with Gasteiger partial charge in [-0.25, -0.2) is 4.79 Å². The number of rotatable bonds is 6. The summed E-state index contributed by atoms with van der Waals surface area (Å²) in [5.74, 6) is 0.0963. The van der Waals surface area contributed by atoms with Crippen LogP contribution in [-0.2, 0) is 9.53 Å². The molecule has 0 aliphatic rings. The molecule has 0 spiro atoms. The maximum atomic E-state index is 10.7. The van der Waals surface area contributed by atoms with Crippen molar-refractivity contribution in [1.82, 2.24) is 0 Å². The van der Waals surface area contributed by atoms with Crippen LogP contribution in [0.3, 0.4) is 0 Å². The summed E-state index contributed by atoms with van der Waals surface area (Å²) in [6.07, 6.45) is 7.29. The highest BCUT2D eigenvalue weighted by Gasteiger charge is 2.06. The van der Waals surface area contributed by atoms with Crippen LogP contribution >= 0.6 is 0 Å². The first-order chi connectivity index (χ1) is 6.24. The molecule has 0 amide bonds. The number of carbonyl (C=O) groups is 1. The van der Waals surface area contributed by atoms with Gasteiger partial charge in [-0.05, 0) is 25.7 Å². The second-order valence-corrected chi connectivity index (χ2v) is 2.91. The molecule has 1 unspecified atom stereocenters. The van der Waals surface area contributed by atoms with Gasteiger partial charge in [0.2, 0.25) is 0 Å². The van der Waals surface area contributed by atoms with E-state index in [0.29, 0.717) is 12.5 Å². The van der Waals surface area contributed by atoms with Gasteiger partial charge in [-0.2, -0.15) is 0 Å². The predicted molar refractivity (Wildman–Crippen MR) is 54.4 cm³/mol. The summed E-state index contributed by atoms with van der Waals surface area (Å²) in [6, 6.07) is 0. The van der Waals surface area contributed by atoms with Crippen molar-refractivity contribution in [3.8, 4) is 0 Å². The smallest absolute Gasteiger partial charge is 0.330 e. The molecule has 0 saturated heterocycles. The van der Waals surface area contributed by atoms with Gasteiger partial charge < -0.3 is 4.74 Å². The Hall–Kier alpha value is -1.05. The Bertz CT molecular complexity index is 183. The van der Waals surface area contributed by atoms with E-state index < -0.39 is 0 Å². The lowest BCUT2D eigenvalue weighted by Crippen LogP contribution is -2.11. The van der Waals surface area contributed by atoms with Crippen molar-refractivity contribution in [2.45, 2.75) is 26.7 Å². The zero-order valence-corrected chi connectivity index (χ0v) is 8.45. The van der Waals surface area contributed by atoms with E-state index in [-0.39, 0.29) is 5.97 Å². The van der Waals surface area contributed by atoms with Crippen molar-refractivity contribution >= 4 is 5.97 Å². The van der Waals surface area contributed by atoms with Gasteiger partial charge in [-0.15, -0.1) is 0 Å². The monoisotopic (exact) mass is 182 g/mol. The summed E-state index contributed by atoms with van der Waals surface area (Å²) < 4.78 is 4.95. The second-order valence-electron chi connectivity index (χ2n) is 2.91. The minimum atomic E-state index is -0.334. The Kier molecular flexibility index (Phi) is 6.98. The van der Waals surface area contributed by atoms with Gasteiger partial charge in [0.1, 0.15) is 0 Å². The molecule has 0 aromatic heterocycles. The molecule has 0 saturated carbocycles. The Labute approximate surface area is 80.3 Å². The molecule has 0 aliphatic heterocycles. The van der Waals surface area contributed by atoms with Crippen LogP contribution in [-0.4, -0.2) is 12.6 Å². The van der Waals surface area contributed by atoms with Gasteiger partial charge in [-0.1, -0.05) is 25.7 Å². The first-order valence-corrected chi connectivity index (χ1v) is 4.64. The number of ether oxygens (including phenoxy) is 1. The summed E-state index contributed by atoms with van der Waals surface area (Å²) in [6.45, 7) is 7.91. The lowest BCUT2D eigenvalue weighted by molar-refractivity contribution is -0.139. The summed E-state index contributed by atoms with van der Waals surface area (Å²) >= 11 is 0. The molecular weight excluding hydrogens is 164 g/mol. The molecule has 13 heavy (non-hydrogen) atoms. The molecule has 0 fully saturated rings. The summed E-state index contributed by atoms with van der Waals surface area (Å²) in [7, 11) is 0. The molecule has 1 atom stereocenters. The van der Waals surface area contributed by atoms with Crippen molar-refractivity contribution in [1.29, 1.82) is 0 Å². The number of esters is 1. The van der Waals surface area contributed by atoms with Gasteiger partial charge in [-0.3, -0.25) is 0 Å². The van der Waals surface area contributed by atoms with Crippen LogP contribution in [0.4, 0.5) is 0 Å². The normalized spacial score (nSPS) is 12.8. The Morgan fingerprint density at radius 2 is 2.31 bits per heavy atom. The Balaban J connectivity index is 3.70. The number of hydrogen-bond donors (Lipinski definition) is 0. The molecule has 0 aromatic carbocycles. The van der Waals surface area contributed by atoms with Gasteiger partial charge in [0.15, 0.2) is 0 Å². The largest absolute Gasteiger partial charge is 0.462 e. The van der Waals surface area contributed by atoms with Crippen LogP contribution in [0, 0.1) is 5.92 Å². The molecule has 74 valence electrons. The predicted octanol–water partition coefficient (Wildman–Crippen LogP) is 2.71. The number of allylic oxidation sites excluding steroid dienone is 2. The van der Waals surface area contributed by atoms with Gasteiger partial charge >= 0.3 is 5.97 Å². The Morgan fingerprint density at radius 1 is 1.62 bits per heavy atom. The maximum Gasteiger partial charge on any atom is 0.330 e. The lowest BCUT2D eigenvalue weighted by Gasteiger charge is -2.11. The SMILES string of the molecule is C=CC(=O)OCC(CC)CC=CC. The third-order valence-corrected chi connectivity index (χ3v) is 1.91. The zero-order valence-electron chi connectivity index (χ0n) is 8.45. The third-order valence-electron chi connectivity index (χ3n) is 1.91. The van der Waals surface area contributed by atoms with E-state index in [2.05, 4.69) is 19.6 Å². The molecule has 0 heterocycles. The minimum absolute atomic E-state index is 0.334. The highest BCUT2D eigenvalue weighted by atomic mass is 16.5. The highest BCUT2D eigenvalue weighted by Crippen LogP contribution is 2.09. The van der Waals surface area contributed by atoms with Crippen LogP contribution in [0.25, 0.3) is 0 Å². The summed E-state index contributed by atoms with van der Waals surface area (Å²) in [4.78, 5) is 10.7. The van der Waals surface area contributed by atoms with Gasteiger partial charge in [0, 0.05) is 6.08 Å². The van der Waals surface area contributed by atoms with E-state index in [1.165, 1.54) is 6.08 Å². The van der Waals surface area contributed by atoms with Crippen molar-refractivity contribution in [2.24, 2.45) is 5.92 Å². The van der Waals surface area contributed by atoms with E-state index in [9.17, 15) is 4.79 Å². The Morgan fingerprint density at radius 3 is 2.77 bits per heavy atom. The highest BCUT2D eigenvalue weighted by molar-refractivity contribution is 5.81. The third kappa shape index (κ3) is 6.14. The van der Waals surface area contributed by atoms with Crippen LogP contribution < -0.4 is 0 Å². The van der Waals surface area contributed by atoms with E-state index >= 15 is 0 Å². The second kappa shape index (κ2) is 7.59.